The molecule has 0 unspecified atom stereocenters. The average molecular weight is 384 g/mol. The molecule has 26 heavy (non-hydrogen) atoms. The van der Waals surface area contributed by atoms with Crippen molar-refractivity contribution in [3.63, 3.8) is 0 Å². The van der Waals surface area contributed by atoms with Crippen LogP contribution in [0.1, 0.15) is 28.4 Å². The number of para-hydroxylation sites is 1. The van der Waals surface area contributed by atoms with Crippen LogP contribution in [-0.4, -0.2) is 30.2 Å². The predicted octanol–water partition coefficient (Wildman–Crippen LogP) is 3.43. The predicted molar refractivity (Wildman–Crippen MR) is 103 cm³/mol. The van der Waals surface area contributed by atoms with E-state index < -0.39 is 0 Å². The second-order valence-electron chi connectivity index (χ2n) is 5.88. The minimum atomic E-state index is -0.108. The fourth-order valence-electron chi connectivity index (χ4n) is 2.66. The van der Waals surface area contributed by atoms with Crippen molar-refractivity contribution in [3.8, 4) is 5.69 Å². The maximum absolute atomic E-state index is 12.5. The Morgan fingerprint density at radius 1 is 1.23 bits per heavy atom. The molecule has 0 aliphatic rings. The zero-order valence-electron chi connectivity index (χ0n) is 14.4. The smallest absolute Gasteiger partial charge is 0.259 e. The summed E-state index contributed by atoms with van der Waals surface area (Å²) in [6.45, 7) is 5.94. The van der Waals surface area contributed by atoms with Gasteiger partial charge in [0.05, 0.1) is 16.3 Å². The number of nitrogens with zero attached hydrogens (tertiary/aromatic N) is 5. The fourth-order valence-corrected chi connectivity index (χ4v) is 4.56. The lowest BCUT2D eigenvalue weighted by molar-refractivity contribution is 0.754. The molecule has 9 heteroatoms. The molecule has 3 heterocycles. The quantitative estimate of drug-likeness (QED) is 0.542. The molecule has 1 atom stereocenters. The van der Waals surface area contributed by atoms with Gasteiger partial charge >= 0.3 is 0 Å². The van der Waals surface area contributed by atoms with Crippen LogP contribution in [-0.2, 0) is 0 Å². The number of hydrogen-bond donors (Lipinski definition) is 1. The zero-order valence-corrected chi connectivity index (χ0v) is 16.1. The summed E-state index contributed by atoms with van der Waals surface area (Å²) in [6.07, 6.45) is 0. The molecule has 1 aromatic carbocycles. The lowest BCUT2D eigenvalue weighted by atomic mass is 10.2. The maximum atomic E-state index is 12.5. The van der Waals surface area contributed by atoms with Crippen LogP contribution in [0.15, 0.2) is 40.3 Å². The van der Waals surface area contributed by atoms with Crippen LogP contribution in [0.4, 0.5) is 0 Å². The van der Waals surface area contributed by atoms with Crippen LogP contribution < -0.4 is 5.56 Å². The number of tetrazole rings is 1. The number of aromatic nitrogens is 6. The van der Waals surface area contributed by atoms with Gasteiger partial charge in [-0.2, -0.15) is 4.68 Å². The monoisotopic (exact) mass is 384 g/mol. The molecule has 0 saturated heterocycles. The second kappa shape index (κ2) is 6.65. The summed E-state index contributed by atoms with van der Waals surface area (Å²) in [6, 6.07) is 9.69. The number of H-pyrrole nitrogens is 1. The topological polar surface area (TPSA) is 89.3 Å². The largest absolute Gasteiger partial charge is 0.309 e. The Labute approximate surface area is 157 Å². The number of fused-ring (bicyclic) bond motifs is 1. The molecule has 0 radical (unpaired) electrons. The maximum Gasteiger partial charge on any atom is 0.259 e. The first-order valence-electron chi connectivity index (χ1n) is 8.05. The molecular formula is C17H16N6OS2. The zero-order chi connectivity index (χ0) is 18.3. The summed E-state index contributed by atoms with van der Waals surface area (Å²) in [7, 11) is 0. The Bertz CT molecular complexity index is 1130. The summed E-state index contributed by atoms with van der Waals surface area (Å²) >= 11 is 3.00. The summed E-state index contributed by atoms with van der Waals surface area (Å²) in [5.74, 6) is 0.622. The van der Waals surface area contributed by atoms with E-state index in [-0.39, 0.29) is 10.8 Å². The number of thiophene rings is 1. The van der Waals surface area contributed by atoms with Crippen LogP contribution in [0.3, 0.4) is 0 Å². The number of benzene rings is 1. The van der Waals surface area contributed by atoms with Crippen molar-refractivity contribution < 1.29 is 0 Å². The fraction of sp³-hybridized carbons (Fsp3) is 0.235. The van der Waals surface area contributed by atoms with E-state index >= 15 is 0 Å². The van der Waals surface area contributed by atoms with Gasteiger partial charge < -0.3 is 4.98 Å². The van der Waals surface area contributed by atoms with E-state index in [1.165, 1.54) is 11.8 Å². The highest BCUT2D eigenvalue weighted by molar-refractivity contribution is 7.99. The van der Waals surface area contributed by atoms with E-state index in [0.29, 0.717) is 16.4 Å². The van der Waals surface area contributed by atoms with Crippen LogP contribution >= 0.6 is 23.1 Å². The molecule has 0 spiro atoms. The average Bonchev–Trinajstić information content (AvgIpc) is 3.20. The second-order valence-corrected chi connectivity index (χ2v) is 8.39. The van der Waals surface area contributed by atoms with Crippen molar-refractivity contribution in [3.05, 3.63) is 57.0 Å². The minimum Gasteiger partial charge on any atom is -0.309 e. The van der Waals surface area contributed by atoms with Crippen LogP contribution in [0.25, 0.3) is 15.9 Å². The summed E-state index contributed by atoms with van der Waals surface area (Å²) < 4.78 is 1.68. The Kier molecular flexibility index (Phi) is 4.33. The van der Waals surface area contributed by atoms with Crippen molar-refractivity contribution in [2.45, 2.75) is 31.2 Å². The van der Waals surface area contributed by atoms with Gasteiger partial charge in [-0.1, -0.05) is 30.0 Å². The van der Waals surface area contributed by atoms with E-state index in [1.807, 2.05) is 51.1 Å². The van der Waals surface area contributed by atoms with Gasteiger partial charge in [0.2, 0.25) is 5.16 Å². The molecule has 132 valence electrons. The molecule has 4 rings (SSSR count). The molecule has 3 aromatic heterocycles. The van der Waals surface area contributed by atoms with Crippen molar-refractivity contribution >= 4 is 33.3 Å². The first-order chi connectivity index (χ1) is 12.5. The molecule has 0 saturated carbocycles. The van der Waals surface area contributed by atoms with E-state index in [0.717, 1.165) is 21.0 Å². The number of aromatic amines is 1. The molecule has 0 aliphatic heterocycles. The van der Waals surface area contributed by atoms with E-state index in [9.17, 15) is 4.79 Å². The third-order valence-corrected chi connectivity index (χ3v) is 6.31. The minimum absolute atomic E-state index is 0.0954. The highest BCUT2D eigenvalue weighted by Crippen LogP contribution is 2.33. The molecule has 7 nitrogen and oxygen atoms in total. The Morgan fingerprint density at radius 2 is 2.00 bits per heavy atom. The lowest BCUT2D eigenvalue weighted by Gasteiger charge is -2.10. The molecule has 4 aromatic rings. The van der Waals surface area contributed by atoms with Gasteiger partial charge in [-0.3, -0.25) is 4.79 Å². The highest BCUT2D eigenvalue weighted by Gasteiger charge is 2.19. The lowest BCUT2D eigenvalue weighted by Crippen LogP contribution is -2.12. The van der Waals surface area contributed by atoms with Crippen LogP contribution in [0.2, 0.25) is 0 Å². The highest BCUT2D eigenvalue weighted by atomic mass is 32.2. The van der Waals surface area contributed by atoms with Gasteiger partial charge in [0.25, 0.3) is 5.56 Å². The molecule has 1 N–H and O–H groups in total. The summed E-state index contributed by atoms with van der Waals surface area (Å²) in [5, 5.41) is 13.2. The third-order valence-electron chi connectivity index (χ3n) is 4.17. The van der Waals surface area contributed by atoms with E-state index in [1.54, 1.807) is 16.0 Å². The van der Waals surface area contributed by atoms with Crippen molar-refractivity contribution in [1.82, 2.24) is 30.2 Å². The number of hydrogen-bond acceptors (Lipinski definition) is 7. The number of aryl methyl sites for hydroxylation is 2. The standard InChI is InChI=1S/C17H16N6OS2/c1-9-10(2)25-16-13(9)15(24)18-14(19-16)11(3)26-17-20-21-22-23(17)12-7-5-4-6-8-12/h4-8,11H,1-3H3,(H,18,19,24)/t11-/m0/s1. The Balaban J connectivity index is 1.68. The number of thioether (sulfide) groups is 1. The van der Waals surface area contributed by atoms with Gasteiger partial charge in [-0.15, -0.1) is 16.4 Å². The molecule has 0 amide bonds. The molecule has 0 aliphatic carbocycles. The Hall–Kier alpha value is -2.52. The number of rotatable bonds is 4. The molecule has 0 fully saturated rings. The molecule has 0 bridgehead atoms. The first-order valence-corrected chi connectivity index (χ1v) is 9.74. The van der Waals surface area contributed by atoms with Gasteiger partial charge in [-0.25, -0.2) is 4.98 Å². The van der Waals surface area contributed by atoms with Crippen molar-refractivity contribution in [2.75, 3.05) is 0 Å². The van der Waals surface area contributed by atoms with Gasteiger partial charge in [-0.05, 0) is 48.9 Å². The van der Waals surface area contributed by atoms with Crippen molar-refractivity contribution in [2.24, 2.45) is 0 Å². The van der Waals surface area contributed by atoms with E-state index in [2.05, 4.69) is 25.5 Å². The van der Waals surface area contributed by atoms with Gasteiger partial charge in [0.15, 0.2) is 0 Å². The SMILES string of the molecule is Cc1sc2nc([C@H](C)Sc3nnnn3-c3ccccc3)[nH]c(=O)c2c1C. The van der Waals surface area contributed by atoms with Crippen LogP contribution in [0.5, 0.6) is 0 Å². The van der Waals surface area contributed by atoms with Gasteiger partial charge in [0, 0.05) is 4.88 Å². The summed E-state index contributed by atoms with van der Waals surface area (Å²) in [4.78, 5) is 22.0. The normalized spacial score (nSPS) is 12.6. The van der Waals surface area contributed by atoms with Gasteiger partial charge in [0.1, 0.15) is 10.7 Å². The summed E-state index contributed by atoms with van der Waals surface area (Å²) in [5.41, 5.74) is 1.79. The third kappa shape index (κ3) is 2.93. The molecular weight excluding hydrogens is 368 g/mol. The Morgan fingerprint density at radius 3 is 2.77 bits per heavy atom. The van der Waals surface area contributed by atoms with Crippen LogP contribution in [0, 0.1) is 13.8 Å². The van der Waals surface area contributed by atoms with Crippen molar-refractivity contribution in [1.29, 1.82) is 0 Å². The number of nitrogens with one attached hydrogen (secondary N) is 1. The first kappa shape index (κ1) is 16.9. The van der Waals surface area contributed by atoms with E-state index in [4.69, 9.17) is 0 Å².